The van der Waals surface area contributed by atoms with Crippen LogP contribution in [0.15, 0.2) is 54.9 Å². The Kier molecular flexibility index (Phi) is 8.27. The number of rotatable bonds is 9. The highest BCUT2D eigenvalue weighted by Crippen LogP contribution is 2.36. The fourth-order valence-corrected chi connectivity index (χ4v) is 4.80. The maximum absolute atomic E-state index is 13.2. The summed E-state index contributed by atoms with van der Waals surface area (Å²) in [5.41, 5.74) is 4.19. The van der Waals surface area contributed by atoms with Crippen LogP contribution in [-0.2, 0) is 11.0 Å². The standard InChI is InChI=1S/C30H31F3N4O3/c1-17(2)13-27(20-5-9-26(35-15-20)29(40)34-12-11-28(38)39)37-16-24-19(4)23(8-10-25(24)36-37)22-7-6-21(14-18(22)3)30(31,32)33/h5-10,14-17,27H,11-13H2,1-4H3,(H,34,40)(H,38,39). The smallest absolute Gasteiger partial charge is 0.416 e. The Bertz CT molecular complexity index is 1540. The molecule has 2 aromatic heterocycles. The Labute approximate surface area is 230 Å². The highest BCUT2D eigenvalue weighted by Gasteiger charge is 2.31. The van der Waals surface area contributed by atoms with Crippen LogP contribution < -0.4 is 5.32 Å². The van der Waals surface area contributed by atoms with Gasteiger partial charge in [0.15, 0.2) is 0 Å². The van der Waals surface area contributed by atoms with Crippen molar-refractivity contribution in [3.8, 4) is 11.1 Å². The predicted octanol–water partition coefficient (Wildman–Crippen LogP) is 6.57. The Morgan fingerprint density at radius 3 is 2.38 bits per heavy atom. The molecular weight excluding hydrogens is 521 g/mol. The van der Waals surface area contributed by atoms with E-state index in [4.69, 9.17) is 10.2 Å². The van der Waals surface area contributed by atoms with Crippen molar-refractivity contribution in [1.29, 1.82) is 0 Å². The lowest BCUT2D eigenvalue weighted by molar-refractivity contribution is -0.138. The molecule has 2 N–H and O–H groups in total. The van der Waals surface area contributed by atoms with Crippen LogP contribution in [0.4, 0.5) is 13.2 Å². The minimum absolute atomic E-state index is 0.0147. The molecule has 10 heteroatoms. The van der Waals surface area contributed by atoms with Crippen molar-refractivity contribution in [1.82, 2.24) is 20.1 Å². The molecule has 210 valence electrons. The van der Waals surface area contributed by atoms with E-state index in [0.717, 1.165) is 45.6 Å². The van der Waals surface area contributed by atoms with Crippen molar-refractivity contribution >= 4 is 22.8 Å². The summed E-state index contributed by atoms with van der Waals surface area (Å²) in [5.74, 6) is -1.12. The number of fused-ring (bicyclic) bond motifs is 1. The molecule has 0 saturated carbocycles. The summed E-state index contributed by atoms with van der Waals surface area (Å²) in [7, 11) is 0. The largest absolute Gasteiger partial charge is 0.481 e. The molecule has 2 heterocycles. The van der Waals surface area contributed by atoms with Crippen LogP contribution in [0.1, 0.15) is 65.5 Å². The third-order valence-electron chi connectivity index (χ3n) is 6.86. The van der Waals surface area contributed by atoms with Crippen LogP contribution in [0.25, 0.3) is 22.0 Å². The summed E-state index contributed by atoms with van der Waals surface area (Å²) < 4.78 is 41.4. The van der Waals surface area contributed by atoms with Gasteiger partial charge >= 0.3 is 12.1 Å². The van der Waals surface area contributed by atoms with Gasteiger partial charge < -0.3 is 10.4 Å². The molecule has 4 rings (SSSR count). The number of carboxylic acid groups (broad SMARTS) is 1. The molecule has 0 aliphatic rings. The monoisotopic (exact) mass is 552 g/mol. The van der Waals surface area contributed by atoms with Crippen LogP contribution in [-0.4, -0.2) is 38.3 Å². The Hall–Kier alpha value is -4.21. The molecular formula is C30H31F3N4O3. The zero-order valence-electron chi connectivity index (χ0n) is 22.7. The number of pyridine rings is 1. The number of amides is 1. The lowest BCUT2D eigenvalue weighted by atomic mass is 9.93. The van der Waals surface area contributed by atoms with E-state index in [-0.39, 0.29) is 24.7 Å². The van der Waals surface area contributed by atoms with Gasteiger partial charge in [0.05, 0.1) is 23.5 Å². The number of hydrogen-bond donors (Lipinski definition) is 2. The molecule has 0 saturated heterocycles. The van der Waals surface area contributed by atoms with Gasteiger partial charge in [0.25, 0.3) is 5.91 Å². The number of carboxylic acids is 1. The normalized spacial score (nSPS) is 12.6. The van der Waals surface area contributed by atoms with Crippen molar-refractivity contribution in [2.24, 2.45) is 5.92 Å². The lowest BCUT2D eigenvalue weighted by Gasteiger charge is -2.20. The molecule has 2 aromatic carbocycles. The topological polar surface area (TPSA) is 97.1 Å². The second-order valence-electron chi connectivity index (χ2n) is 10.3. The molecule has 1 unspecified atom stereocenters. The third kappa shape index (κ3) is 6.32. The second-order valence-corrected chi connectivity index (χ2v) is 10.3. The summed E-state index contributed by atoms with van der Waals surface area (Å²) in [6.07, 6.45) is -0.231. The molecule has 40 heavy (non-hydrogen) atoms. The third-order valence-corrected chi connectivity index (χ3v) is 6.86. The zero-order valence-corrected chi connectivity index (χ0v) is 22.7. The van der Waals surface area contributed by atoms with Crippen molar-refractivity contribution in [2.75, 3.05) is 6.54 Å². The lowest BCUT2D eigenvalue weighted by Crippen LogP contribution is -2.27. The van der Waals surface area contributed by atoms with Crippen molar-refractivity contribution in [3.63, 3.8) is 0 Å². The van der Waals surface area contributed by atoms with E-state index >= 15 is 0 Å². The first-order valence-electron chi connectivity index (χ1n) is 13.0. The molecule has 1 atom stereocenters. The number of aryl methyl sites for hydroxylation is 2. The van der Waals surface area contributed by atoms with Crippen molar-refractivity contribution in [3.05, 3.63) is 82.8 Å². The number of nitrogens with zero attached hydrogens (tertiary/aromatic N) is 3. The van der Waals surface area contributed by atoms with Crippen molar-refractivity contribution in [2.45, 2.75) is 52.8 Å². The minimum atomic E-state index is -4.40. The first-order valence-corrected chi connectivity index (χ1v) is 13.0. The summed E-state index contributed by atoms with van der Waals surface area (Å²) >= 11 is 0. The molecule has 0 aliphatic heterocycles. The average molecular weight is 553 g/mol. The fourth-order valence-electron chi connectivity index (χ4n) is 4.80. The van der Waals surface area contributed by atoms with E-state index in [0.29, 0.717) is 11.5 Å². The summed E-state index contributed by atoms with van der Waals surface area (Å²) in [5, 5.41) is 17.0. The number of nitrogens with one attached hydrogen (secondary N) is 1. The molecule has 0 bridgehead atoms. The maximum Gasteiger partial charge on any atom is 0.416 e. The predicted molar refractivity (Wildman–Crippen MR) is 146 cm³/mol. The van der Waals surface area contributed by atoms with Gasteiger partial charge in [-0.1, -0.05) is 32.0 Å². The van der Waals surface area contributed by atoms with Gasteiger partial charge in [-0.05, 0) is 78.3 Å². The van der Waals surface area contributed by atoms with Gasteiger partial charge in [-0.15, -0.1) is 0 Å². The van der Waals surface area contributed by atoms with E-state index in [2.05, 4.69) is 24.1 Å². The number of hydrogen-bond acceptors (Lipinski definition) is 4. The van der Waals surface area contributed by atoms with E-state index in [1.165, 1.54) is 12.1 Å². The molecule has 0 fully saturated rings. The maximum atomic E-state index is 13.2. The molecule has 0 spiro atoms. The van der Waals surface area contributed by atoms with Gasteiger partial charge in [-0.2, -0.15) is 18.3 Å². The number of aliphatic carboxylic acids is 1. The number of aromatic nitrogens is 3. The quantitative estimate of drug-likeness (QED) is 0.245. The SMILES string of the molecule is Cc1cc(C(F)(F)F)ccc1-c1ccc2nn(C(CC(C)C)c3ccc(C(=O)NCCC(=O)O)nc3)cc2c1C. The Balaban J connectivity index is 1.66. The van der Waals surface area contributed by atoms with Gasteiger partial charge in [0.1, 0.15) is 5.69 Å². The summed E-state index contributed by atoms with van der Waals surface area (Å²) in [6, 6.07) is 10.8. The number of benzene rings is 2. The first kappa shape index (κ1) is 28.8. The molecule has 7 nitrogen and oxygen atoms in total. The van der Waals surface area contributed by atoms with Gasteiger partial charge in [0.2, 0.25) is 0 Å². The Morgan fingerprint density at radius 2 is 1.77 bits per heavy atom. The number of carbonyl (C=O) groups is 2. The number of alkyl halides is 3. The van der Waals surface area contributed by atoms with Crippen LogP contribution in [0.3, 0.4) is 0 Å². The number of carbonyl (C=O) groups excluding carboxylic acids is 1. The first-order chi connectivity index (χ1) is 18.8. The second kappa shape index (κ2) is 11.5. The fraction of sp³-hybridized carbons (Fsp3) is 0.333. The Morgan fingerprint density at radius 1 is 1.05 bits per heavy atom. The molecule has 1 amide bonds. The van der Waals surface area contributed by atoms with E-state index in [9.17, 15) is 22.8 Å². The van der Waals surface area contributed by atoms with Gasteiger partial charge in [-0.25, -0.2) is 0 Å². The van der Waals surface area contributed by atoms with E-state index in [1.54, 1.807) is 19.2 Å². The zero-order chi connectivity index (χ0) is 29.2. The van der Waals surface area contributed by atoms with Crippen LogP contribution >= 0.6 is 0 Å². The van der Waals surface area contributed by atoms with E-state index in [1.807, 2.05) is 36.0 Å². The van der Waals surface area contributed by atoms with Crippen LogP contribution in [0.5, 0.6) is 0 Å². The highest BCUT2D eigenvalue weighted by molar-refractivity contribution is 5.92. The number of halogens is 3. The van der Waals surface area contributed by atoms with Crippen LogP contribution in [0, 0.1) is 19.8 Å². The summed E-state index contributed by atoms with van der Waals surface area (Å²) in [4.78, 5) is 27.3. The average Bonchev–Trinajstić information content (AvgIpc) is 3.32. The molecule has 0 aliphatic carbocycles. The molecule has 4 aromatic rings. The molecule has 0 radical (unpaired) electrons. The minimum Gasteiger partial charge on any atom is -0.481 e. The van der Waals surface area contributed by atoms with Gasteiger partial charge in [0, 0.05) is 24.3 Å². The van der Waals surface area contributed by atoms with Gasteiger partial charge in [-0.3, -0.25) is 19.3 Å². The summed E-state index contributed by atoms with van der Waals surface area (Å²) in [6.45, 7) is 7.84. The van der Waals surface area contributed by atoms with E-state index < -0.39 is 23.6 Å². The highest BCUT2D eigenvalue weighted by atomic mass is 19.4. The van der Waals surface area contributed by atoms with Crippen LogP contribution in [0.2, 0.25) is 0 Å². The van der Waals surface area contributed by atoms with Crippen molar-refractivity contribution < 1.29 is 27.9 Å².